The van der Waals surface area contributed by atoms with Crippen LogP contribution in [0.1, 0.15) is 33.1 Å². The molecule has 0 fully saturated rings. The van der Waals surface area contributed by atoms with E-state index in [0.29, 0.717) is 30.5 Å². The molecule has 0 aliphatic rings. The van der Waals surface area contributed by atoms with Crippen molar-refractivity contribution in [3.05, 3.63) is 0 Å². The molecule has 0 aliphatic heterocycles. The van der Waals surface area contributed by atoms with Crippen LogP contribution in [0.3, 0.4) is 0 Å². The van der Waals surface area contributed by atoms with E-state index >= 15 is 0 Å². The highest BCUT2D eigenvalue weighted by Crippen LogP contribution is 2.06. The molecule has 7 heteroatoms. The van der Waals surface area contributed by atoms with Gasteiger partial charge in [0.25, 0.3) is 0 Å². The third-order valence-electron chi connectivity index (χ3n) is 3.36. The topological polar surface area (TPSA) is 83.5 Å². The van der Waals surface area contributed by atoms with Crippen LogP contribution in [0.25, 0.3) is 0 Å². The van der Waals surface area contributed by atoms with Crippen LogP contribution in [-0.4, -0.2) is 63.0 Å². The number of rotatable bonds is 10. The molecule has 0 radical (unpaired) electrons. The van der Waals surface area contributed by atoms with Crippen LogP contribution in [0.5, 0.6) is 0 Å². The molecule has 0 aromatic carbocycles. The lowest BCUT2D eigenvalue weighted by Gasteiger charge is -2.29. The lowest BCUT2D eigenvalue weighted by molar-refractivity contribution is -0.890. The number of hydrogen-bond acceptors (Lipinski definition) is 5. The zero-order chi connectivity index (χ0) is 15.8. The van der Waals surface area contributed by atoms with Gasteiger partial charge in [-0.1, -0.05) is 13.8 Å². The van der Waals surface area contributed by atoms with Crippen molar-refractivity contribution in [1.29, 1.82) is 0 Å². The Morgan fingerprint density at radius 3 is 2.35 bits per heavy atom. The molecule has 0 saturated carbocycles. The molecule has 0 rings (SSSR count). The van der Waals surface area contributed by atoms with E-state index in [-0.39, 0.29) is 17.6 Å². The molecule has 0 bridgehead atoms. The Labute approximate surface area is 122 Å². The fourth-order valence-corrected chi connectivity index (χ4v) is 2.19. The van der Waals surface area contributed by atoms with Crippen molar-refractivity contribution < 1.29 is 27.0 Å². The van der Waals surface area contributed by atoms with Crippen LogP contribution in [0.2, 0.25) is 0 Å². The van der Waals surface area contributed by atoms with E-state index in [2.05, 4.69) is 0 Å². The predicted molar refractivity (Wildman–Crippen MR) is 76.1 cm³/mol. The average Bonchev–Trinajstić information content (AvgIpc) is 2.32. The van der Waals surface area contributed by atoms with Crippen molar-refractivity contribution in [2.75, 3.05) is 39.5 Å². The number of likely N-dealkylation sites (N-methyl/N-ethyl adjacent to an activating group) is 1. The molecule has 0 aromatic heterocycles. The van der Waals surface area contributed by atoms with E-state index in [9.17, 15) is 17.8 Å². The van der Waals surface area contributed by atoms with Gasteiger partial charge < -0.3 is 13.8 Å². The number of esters is 1. The highest BCUT2D eigenvalue weighted by Gasteiger charge is 2.17. The first-order valence-electron chi connectivity index (χ1n) is 6.99. The molecule has 6 nitrogen and oxygen atoms in total. The van der Waals surface area contributed by atoms with Crippen molar-refractivity contribution in [2.45, 2.75) is 33.1 Å². The van der Waals surface area contributed by atoms with Gasteiger partial charge in [0.05, 0.1) is 36.7 Å². The summed E-state index contributed by atoms with van der Waals surface area (Å²) in [6.07, 6.45) is 1.80. The van der Waals surface area contributed by atoms with Gasteiger partial charge in [0.1, 0.15) is 13.2 Å². The van der Waals surface area contributed by atoms with Crippen molar-refractivity contribution in [2.24, 2.45) is 5.92 Å². The Morgan fingerprint density at radius 1 is 1.25 bits per heavy atom. The normalized spacial score (nSPS) is 14.1. The van der Waals surface area contributed by atoms with E-state index in [4.69, 9.17) is 4.74 Å². The van der Waals surface area contributed by atoms with Gasteiger partial charge in [0.2, 0.25) is 0 Å². The Kier molecular flexibility index (Phi) is 8.30. The highest BCUT2D eigenvalue weighted by molar-refractivity contribution is 7.85. The maximum absolute atomic E-state index is 11.5. The Bertz CT molecular complexity index is 392. The first-order valence-corrected chi connectivity index (χ1v) is 8.57. The molecular weight excluding hydrogens is 282 g/mol. The maximum atomic E-state index is 11.5. The van der Waals surface area contributed by atoms with E-state index in [0.717, 1.165) is 13.0 Å². The van der Waals surface area contributed by atoms with Gasteiger partial charge in [-0.05, 0) is 19.3 Å². The second-order valence-corrected chi connectivity index (χ2v) is 7.35. The number of nitrogens with zero attached hydrogens (tertiary/aromatic N) is 1. The molecule has 0 amide bonds. The summed E-state index contributed by atoms with van der Waals surface area (Å²) in [4.78, 5) is 11.5. The summed E-state index contributed by atoms with van der Waals surface area (Å²) >= 11 is 0. The summed E-state index contributed by atoms with van der Waals surface area (Å²) in [7, 11) is -0.131. The minimum absolute atomic E-state index is 0.0760. The van der Waals surface area contributed by atoms with Crippen molar-refractivity contribution in [3.63, 3.8) is 0 Å². The maximum Gasteiger partial charge on any atom is 0.308 e. The van der Waals surface area contributed by atoms with Gasteiger partial charge in [0.15, 0.2) is 0 Å². The number of quaternary nitrogens is 1. The Balaban J connectivity index is 3.87. The van der Waals surface area contributed by atoms with Crippen molar-refractivity contribution in [3.8, 4) is 0 Å². The molecule has 120 valence electrons. The third kappa shape index (κ3) is 10.2. The van der Waals surface area contributed by atoms with Crippen LogP contribution in [0.15, 0.2) is 0 Å². The SMILES string of the molecule is CCC(C)C(=O)OCC[N+](C)(C)CCCCS(=O)(=O)[O-]. The van der Waals surface area contributed by atoms with Gasteiger partial charge >= 0.3 is 5.97 Å². The summed E-state index contributed by atoms with van der Waals surface area (Å²) in [6.45, 7) is 5.56. The third-order valence-corrected chi connectivity index (χ3v) is 4.15. The standard InChI is InChI=1S/C13H27NO5S/c1-5-12(2)13(15)19-10-9-14(3,4)8-6-7-11-20(16,17)18/h12H,5-11H2,1-4H3. The number of ether oxygens (including phenoxy) is 1. The smallest absolute Gasteiger partial charge is 0.308 e. The quantitative estimate of drug-likeness (QED) is 0.260. The second-order valence-electron chi connectivity index (χ2n) is 5.83. The first kappa shape index (κ1) is 19.3. The minimum atomic E-state index is -4.11. The van der Waals surface area contributed by atoms with E-state index in [1.54, 1.807) is 0 Å². The minimum Gasteiger partial charge on any atom is -0.748 e. The van der Waals surface area contributed by atoms with E-state index in [1.807, 2.05) is 27.9 Å². The average molecular weight is 309 g/mol. The molecule has 0 aromatic rings. The summed E-state index contributed by atoms with van der Waals surface area (Å²) < 4.78 is 37.3. The van der Waals surface area contributed by atoms with Crippen molar-refractivity contribution >= 4 is 16.1 Å². The van der Waals surface area contributed by atoms with Crippen LogP contribution in [0.4, 0.5) is 0 Å². The Morgan fingerprint density at radius 2 is 1.85 bits per heavy atom. The summed E-state index contributed by atoms with van der Waals surface area (Å²) in [5, 5.41) is 0. The van der Waals surface area contributed by atoms with Gasteiger partial charge in [-0.2, -0.15) is 0 Å². The molecule has 0 N–H and O–H groups in total. The van der Waals surface area contributed by atoms with Crippen LogP contribution in [-0.2, 0) is 19.6 Å². The fraction of sp³-hybridized carbons (Fsp3) is 0.923. The molecular formula is C13H27NO5S. The fourth-order valence-electron chi connectivity index (χ4n) is 1.63. The largest absolute Gasteiger partial charge is 0.748 e. The van der Waals surface area contributed by atoms with Crippen LogP contribution >= 0.6 is 0 Å². The van der Waals surface area contributed by atoms with Gasteiger partial charge in [-0.3, -0.25) is 4.79 Å². The molecule has 1 unspecified atom stereocenters. The predicted octanol–water partition coefficient (Wildman–Crippen LogP) is 0.978. The Hall–Kier alpha value is -0.660. The van der Waals surface area contributed by atoms with Crippen LogP contribution in [0, 0.1) is 5.92 Å². The van der Waals surface area contributed by atoms with Crippen molar-refractivity contribution in [1.82, 2.24) is 0 Å². The molecule has 0 saturated heterocycles. The van der Waals surface area contributed by atoms with Crippen LogP contribution < -0.4 is 0 Å². The molecule has 0 heterocycles. The summed E-state index contributed by atoms with van der Waals surface area (Å²) in [5.74, 6) is -0.562. The lowest BCUT2D eigenvalue weighted by atomic mass is 10.1. The summed E-state index contributed by atoms with van der Waals surface area (Å²) in [5.41, 5.74) is 0. The number of unbranched alkanes of at least 4 members (excludes halogenated alkanes) is 1. The molecule has 0 aliphatic carbocycles. The molecule has 1 atom stereocenters. The van der Waals surface area contributed by atoms with E-state index in [1.165, 1.54) is 0 Å². The highest BCUT2D eigenvalue weighted by atomic mass is 32.2. The molecule has 20 heavy (non-hydrogen) atoms. The summed E-state index contributed by atoms with van der Waals surface area (Å²) in [6, 6.07) is 0. The zero-order valence-corrected chi connectivity index (χ0v) is 13.7. The number of carbonyl (C=O) groups excluding carboxylic acids is 1. The van der Waals surface area contributed by atoms with Gasteiger partial charge in [-0.25, -0.2) is 8.42 Å². The zero-order valence-electron chi connectivity index (χ0n) is 12.9. The second kappa shape index (κ2) is 8.59. The first-order chi connectivity index (χ1) is 9.07. The molecule has 0 spiro atoms. The lowest BCUT2D eigenvalue weighted by Crippen LogP contribution is -2.43. The van der Waals surface area contributed by atoms with Gasteiger partial charge in [0, 0.05) is 5.75 Å². The number of hydrogen-bond donors (Lipinski definition) is 0. The monoisotopic (exact) mass is 309 g/mol. The van der Waals surface area contributed by atoms with Gasteiger partial charge in [-0.15, -0.1) is 0 Å². The number of carbonyl (C=O) groups is 1. The van der Waals surface area contributed by atoms with E-state index < -0.39 is 10.1 Å².